The third kappa shape index (κ3) is 2.63. The largest absolute Gasteiger partial charge is 0.477 e. The lowest BCUT2D eigenvalue weighted by atomic mass is 10.1. The molecule has 0 fully saturated rings. The van der Waals surface area contributed by atoms with Crippen molar-refractivity contribution < 1.29 is 14.3 Å². The third-order valence-electron chi connectivity index (χ3n) is 3.92. The van der Waals surface area contributed by atoms with Gasteiger partial charge in [0.2, 0.25) is 0 Å². The summed E-state index contributed by atoms with van der Waals surface area (Å²) in [6, 6.07) is 16.7. The summed E-state index contributed by atoms with van der Waals surface area (Å²) in [6.45, 7) is 0. The van der Waals surface area contributed by atoms with E-state index in [0.717, 1.165) is 11.1 Å². The Balaban J connectivity index is 1.99. The SMILES string of the molecule is O=C(O)c1cc(-c2ccc(F)cc2)nc2c(-c3ccccc3)cnn12. The molecule has 0 amide bonds. The molecule has 0 spiro atoms. The summed E-state index contributed by atoms with van der Waals surface area (Å²) in [5.74, 6) is -1.48. The molecule has 2 heterocycles. The van der Waals surface area contributed by atoms with Crippen LogP contribution in [0, 0.1) is 5.82 Å². The number of hydrogen-bond acceptors (Lipinski definition) is 3. The number of hydrogen-bond donors (Lipinski definition) is 1. The average Bonchev–Trinajstić information content (AvgIpc) is 3.06. The molecule has 4 rings (SSSR count). The van der Waals surface area contributed by atoms with Crippen LogP contribution in [0.25, 0.3) is 28.0 Å². The fourth-order valence-electron chi connectivity index (χ4n) is 2.71. The van der Waals surface area contributed by atoms with Gasteiger partial charge in [0.25, 0.3) is 0 Å². The minimum atomic E-state index is -1.11. The Labute approximate surface area is 142 Å². The molecule has 0 unspecified atom stereocenters. The van der Waals surface area contributed by atoms with Crippen molar-refractivity contribution in [2.24, 2.45) is 0 Å². The normalized spacial score (nSPS) is 10.9. The molecule has 5 nitrogen and oxygen atoms in total. The zero-order chi connectivity index (χ0) is 17.4. The van der Waals surface area contributed by atoms with E-state index in [2.05, 4.69) is 10.1 Å². The first-order valence-electron chi connectivity index (χ1n) is 7.57. The lowest BCUT2D eigenvalue weighted by Gasteiger charge is -2.06. The Bertz CT molecular complexity index is 1070. The molecule has 0 bridgehead atoms. The van der Waals surface area contributed by atoms with Gasteiger partial charge >= 0.3 is 5.97 Å². The zero-order valence-electron chi connectivity index (χ0n) is 12.9. The molecule has 0 radical (unpaired) electrons. The first-order chi connectivity index (χ1) is 12.1. The Morgan fingerprint density at radius 3 is 2.40 bits per heavy atom. The molecule has 0 aliphatic carbocycles. The van der Waals surface area contributed by atoms with Crippen molar-refractivity contribution in [3.8, 4) is 22.4 Å². The molecule has 0 atom stereocenters. The van der Waals surface area contributed by atoms with E-state index in [1.807, 2.05) is 30.3 Å². The minimum Gasteiger partial charge on any atom is -0.477 e. The number of nitrogens with zero attached hydrogens (tertiary/aromatic N) is 3. The molecule has 0 saturated carbocycles. The van der Waals surface area contributed by atoms with Crippen molar-refractivity contribution >= 4 is 11.6 Å². The Hall–Kier alpha value is -3.54. The van der Waals surface area contributed by atoms with E-state index in [4.69, 9.17) is 0 Å². The van der Waals surface area contributed by atoms with E-state index in [1.165, 1.54) is 22.7 Å². The monoisotopic (exact) mass is 333 g/mol. The first kappa shape index (κ1) is 15.0. The van der Waals surface area contributed by atoms with E-state index in [9.17, 15) is 14.3 Å². The molecule has 122 valence electrons. The van der Waals surface area contributed by atoms with Crippen LogP contribution in [-0.2, 0) is 0 Å². The Morgan fingerprint density at radius 1 is 1.00 bits per heavy atom. The van der Waals surface area contributed by atoms with Crippen LogP contribution in [0.15, 0.2) is 66.9 Å². The maximum atomic E-state index is 13.2. The standard InChI is InChI=1S/C19H12FN3O2/c20-14-8-6-13(7-9-14)16-10-17(19(24)25)23-18(22-16)15(11-21-23)12-4-2-1-3-5-12/h1-11H,(H,24,25). The molecule has 6 heteroatoms. The topological polar surface area (TPSA) is 67.5 Å². The minimum absolute atomic E-state index is 0.00786. The Morgan fingerprint density at radius 2 is 1.72 bits per heavy atom. The number of halogens is 1. The van der Waals surface area contributed by atoms with E-state index in [1.54, 1.807) is 18.3 Å². The van der Waals surface area contributed by atoms with Crippen LogP contribution in [0.4, 0.5) is 4.39 Å². The van der Waals surface area contributed by atoms with Gasteiger partial charge in [0.05, 0.1) is 11.9 Å². The van der Waals surface area contributed by atoms with E-state index < -0.39 is 5.97 Å². The molecule has 4 aromatic rings. The smallest absolute Gasteiger partial charge is 0.354 e. The second-order valence-electron chi connectivity index (χ2n) is 5.50. The van der Waals surface area contributed by atoms with Gasteiger partial charge in [0.15, 0.2) is 11.3 Å². The second kappa shape index (κ2) is 5.83. The van der Waals surface area contributed by atoms with Gasteiger partial charge in [-0.15, -0.1) is 0 Å². The van der Waals surface area contributed by atoms with Crippen molar-refractivity contribution in [1.29, 1.82) is 0 Å². The maximum Gasteiger partial charge on any atom is 0.354 e. The van der Waals surface area contributed by atoms with Crippen molar-refractivity contribution in [2.45, 2.75) is 0 Å². The second-order valence-corrected chi connectivity index (χ2v) is 5.50. The predicted octanol–water partition coefficient (Wildman–Crippen LogP) is 3.90. The summed E-state index contributed by atoms with van der Waals surface area (Å²) in [4.78, 5) is 16.2. The van der Waals surface area contributed by atoms with Crippen LogP contribution in [0.2, 0.25) is 0 Å². The quantitative estimate of drug-likeness (QED) is 0.617. The molecular formula is C19H12FN3O2. The third-order valence-corrected chi connectivity index (χ3v) is 3.92. The highest BCUT2D eigenvalue weighted by Crippen LogP contribution is 2.27. The molecule has 2 aromatic heterocycles. The average molecular weight is 333 g/mol. The number of carboxylic acids is 1. The lowest BCUT2D eigenvalue weighted by Crippen LogP contribution is -2.08. The number of carboxylic acid groups (broad SMARTS) is 1. The van der Waals surface area contributed by atoms with Crippen LogP contribution in [0.5, 0.6) is 0 Å². The van der Waals surface area contributed by atoms with Gasteiger partial charge in [-0.05, 0) is 35.9 Å². The van der Waals surface area contributed by atoms with Crippen LogP contribution in [0.3, 0.4) is 0 Å². The number of aromatic nitrogens is 3. The van der Waals surface area contributed by atoms with Crippen molar-refractivity contribution in [3.05, 3.63) is 78.4 Å². The molecule has 0 saturated heterocycles. The van der Waals surface area contributed by atoms with Crippen molar-refractivity contribution in [2.75, 3.05) is 0 Å². The fourth-order valence-corrected chi connectivity index (χ4v) is 2.71. The number of aromatic carboxylic acids is 1. The molecule has 1 N–H and O–H groups in total. The number of fused-ring (bicyclic) bond motifs is 1. The summed E-state index contributed by atoms with van der Waals surface area (Å²) in [5, 5.41) is 13.7. The number of rotatable bonds is 3. The van der Waals surface area contributed by atoms with Crippen molar-refractivity contribution in [3.63, 3.8) is 0 Å². The van der Waals surface area contributed by atoms with Crippen LogP contribution < -0.4 is 0 Å². The zero-order valence-corrected chi connectivity index (χ0v) is 12.9. The molecule has 0 aliphatic heterocycles. The van der Waals surface area contributed by atoms with Gasteiger partial charge in [0.1, 0.15) is 5.82 Å². The molecule has 25 heavy (non-hydrogen) atoms. The lowest BCUT2D eigenvalue weighted by molar-refractivity contribution is 0.0687. The van der Waals surface area contributed by atoms with Crippen LogP contribution in [-0.4, -0.2) is 25.7 Å². The Kier molecular flexibility index (Phi) is 3.50. The van der Waals surface area contributed by atoms with E-state index >= 15 is 0 Å². The highest BCUT2D eigenvalue weighted by molar-refractivity contribution is 5.90. The van der Waals surface area contributed by atoms with Gasteiger partial charge in [-0.1, -0.05) is 30.3 Å². The summed E-state index contributed by atoms with van der Waals surface area (Å²) in [6.07, 6.45) is 1.60. The van der Waals surface area contributed by atoms with Gasteiger partial charge in [-0.25, -0.2) is 18.7 Å². The maximum absolute atomic E-state index is 13.2. The number of benzene rings is 2. The van der Waals surface area contributed by atoms with E-state index in [-0.39, 0.29) is 11.5 Å². The molecule has 2 aromatic carbocycles. The van der Waals surface area contributed by atoms with Crippen molar-refractivity contribution in [1.82, 2.24) is 14.6 Å². The van der Waals surface area contributed by atoms with Gasteiger partial charge in [-0.2, -0.15) is 5.10 Å². The van der Waals surface area contributed by atoms with Gasteiger partial charge < -0.3 is 5.11 Å². The summed E-state index contributed by atoms with van der Waals surface area (Å²) in [5.41, 5.74) is 3.12. The predicted molar refractivity (Wildman–Crippen MR) is 90.8 cm³/mol. The summed E-state index contributed by atoms with van der Waals surface area (Å²) < 4.78 is 14.5. The van der Waals surface area contributed by atoms with E-state index in [0.29, 0.717) is 16.9 Å². The van der Waals surface area contributed by atoms with Gasteiger partial charge in [0, 0.05) is 11.1 Å². The summed E-state index contributed by atoms with van der Waals surface area (Å²) >= 11 is 0. The summed E-state index contributed by atoms with van der Waals surface area (Å²) in [7, 11) is 0. The number of carbonyl (C=O) groups is 1. The first-order valence-corrected chi connectivity index (χ1v) is 7.57. The highest BCUT2D eigenvalue weighted by atomic mass is 19.1. The fraction of sp³-hybridized carbons (Fsp3) is 0. The van der Waals surface area contributed by atoms with Gasteiger partial charge in [-0.3, -0.25) is 0 Å². The van der Waals surface area contributed by atoms with Crippen LogP contribution in [0.1, 0.15) is 10.5 Å². The molecular weight excluding hydrogens is 321 g/mol. The van der Waals surface area contributed by atoms with Crippen LogP contribution >= 0.6 is 0 Å². The molecule has 0 aliphatic rings. The highest BCUT2D eigenvalue weighted by Gasteiger charge is 2.17.